The van der Waals surface area contributed by atoms with Crippen molar-refractivity contribution < 1.29 is 18.7 Å². The third-order valence-electron chi connectivity index (χ3n) is 4.78. The van der Waals surface area contributed by atoms with Crippen LogP contribution in [0.2, 0.25) is 5.02 Å². The number of amides is 2. The predicted molar refractivity (Wildman–Crippen MR) is 110 cm³/mol. The molecule has 1 aliphatic heterocycles. The maximum Gasteiger partial charge on any atom is 0.255 e. The van der Waals surface area contributed by atoms with Gasteiger partial charge in [0.25, 0.3) is 11.8 Å². The summed E-state index contributed by atoms with van der Waals surface area (Å²) in [6.07, 6.45) is 1.69. The second-order valence-electron chi connectivity index (χ2n) is 7.38. The van der Waals surface area contributed by atoms with Crippen LogP contribution in [0.25, 0.3) is 0 Å². The van der Waals surface area contributed by atoms with E-state index in [0.29, 0.717) is 30.0 Å². The van der Waals surface area contributed by atoms with Gasteiger partial charge >= 0.3 is 0 Å². The number of hydrogen-bond donors (Lipinski definition) is 1. The third-order valence-corrected chi connectivity index (χ3v) is 5.09. The SMILES string of the molecule is CC(C)NC(=O)c1ccc(OCC2CCCN2C(=O)c2ccc(F)cc2Cl)cc1. The van der Waals surface area contributed by atoms with Gasteiger partial charge in [-0.2, -0.15) is 0 Å². The molecular formula is C22H24ClFN2O3. The molecule has 2 amide bonds. The number of ether oxygens (including phenoxy) is 1. The maximum absolute atomic E-state index is 13.3. The Bertz CT molecular complexity index is 886. The van der Waals surface area contributed by atoms with Crippen molar-refractivity contribution in [1.82, 2.24) is 10.2 Å². The summed E-state index contributed by atoms with van der Waals surface area (Å²) in [5.41, 5.74) is 0.857. The maximum atomic E-state index is 13.3. The molecule has 29 heavy (non-hydrogen) atoms. The highest BCUT2D eigenvalue weighted by atomic mass is 35.5. The molecule has 1 atom stereocenters. The van der Waals surface area contributed by atoms with Crippen LogP contribution < -0.4 is 10.1 Å². The first kappa shape index (κ1) is 21.1. The Kier molecular flexibility index (Phi) is 6.75. The van der Waals surface area contributed by atoms with E-state index in [2.05, 4.69) is 5.32 Å². The zero-order valence-corrected chi connectivity index (χ0v) is 17.2. The van der Waals surface area contributed by atoms with Crippen LogP contribution in [0, 0.1) is 5.82 Å². The molecule has 1 unspecified atom stereocenters. The van der Waals surface area contributed by atoms with Gasteiger partial charge < -0.3 is 15.0 Å². The number of likely N-dealkylation sites (tertiary alicyclic amines) is 1. The fourth-order valence-corrected chi connectivity index (χ4v) is 3.58. The predicted octanol–water partition coefficient (Wildman–Crippen LogP) is 4.30. The number of carbonyl (C=O) groups is 2. The van der Waals surface area contributed by atoms with Gasteiger partial charge in [0.05, 0.1) is 16.6 Å². The molecule has 1 fully saturated rings. The second-order valence-corrected chi connectivity index (χ2v) is 7.79. The lowest BCUT2D eigenvalue weighted by Crippen LogP contribution is -2.39. The zero-order chi connectivity index (χ0) is 21.0. The molecule has 1 heterocycles. The molecule has 1 saturated heterocycles. The van der Waals surface area contributed by atoms with Crippen molar-refractivity contribution in [2.45, 2.75) is 38.8 Å². The van der Waals surface area contributed by atoms with Gasteiger partial charge in [-0.3, -0.25) is 9.59 Å². The lowest BCUT2D eigenvalue weighted by molar-refractivity contribution is 0.0691. The standard InChI is InChI=1S/C22H24ClFN2O3/c1-14(2)25-21(27)15-5-8-18(9-6-15)29-13-17-4-3-11-26(17)22(28)19-10-7-16(24)12-20(19)23/h5-10,12,14,17H,3-4,11,13H2,1-2H3,(H,25,27). The summed E-state index contributed by atoms with van der Waals surface area (Å²) in [6.45, 7) is 4.75. The molecule has 0 aromatic heterocycles. The van der Waals surface area contributed by atoms with E-state index in [-0.39, 0.29) is 28.9 Å². The molecule has 154 valence electrons. The van der Waals surface area contributed by atoms with E-state index in [1.54, 1.807) is 29.2 Å². The van der Waals surface area contributed by atoms with Crippen LogP contribution in [0.3, 0.4) is 0 Å². The van der Waals surface area contributed by atoms with E-state index in [4.69, 9.17) is 16.3 Å². The van der Waals surface area contributed by atoms with Gasteiger partial charge in [-0.15, -0.1) is 0 Å². The van der Waals surface area contributed by atoms with Crippen molar-refractivity contribution in [3.8, 4) is 5.75 Å². The number of nitrogens with one attached hydrogen (secondary N) is 1. The molecule has 0 spiro atoms. The molecule has 3 rings (SSSR count). The summed E-state index contributed by atoms with van der Waals surface area (Å²) >= 11 is 6.04. The van der Waals surface area contributed by atoms with Gasteiger partial charge in [0, 0.05) is 18.2 Å². The third kappa shape index (κ3) is 5.26. The first-order valence-electron chi connectivity index (χ1n) is 9.65. The van der Waals surface area contributed by atoms with Crippen molar-refractivity contribution >= 4 is 23.4 Å². The van der Waals surface area contributed by atoms with E-state index in [1.807, 2.05) is 13.8 Å². The van der Waals surface area contributed by atoms with Crippen molar-refractivity contribution in [3.63, 3.8) is 0 Å². The minimum absolute atomic E-state index is 0.0684. The Morgan fingerprint density at radius 2 is 1.97 bits per heavy atom. The minimum Gasteiger partial charge on any atom is -0.491 e. The highest BCUT2D eigenvalue weighted by Gasteiger charge is 2.31. The molecule has 2 aromatic rings. The Balaban J connectivity index is 1.61. The number of carbonyl (C=O) groups excluding carboxylic acids is 2. The van der Waals surface area contributed by atoms with Crippen molar-refractivity contribution in [2.75, 3.05) is 13.2 Å². The van der Waals surface area contributed by atoms with Gasteiger partial charge in [0.2, 0.25) is 0 Å². The second kappa shape index (κ2) is 9.27. The first-order chi connectivity index (χ1) is 13.8. The van der Waals surface area contributed by atoms with Crippen LogP contribution >= 0.6 is 11.6 Å². The van der Waals surface area contributed by atoms with E-state index in [0.717, 1.165) is 18.9 Å². The van der Waals surface area contributed by atoms with E-state index in [1.165, 1.54) is 12.1 Å². The minimum atomic E-state index is -0.474. The quantitative estimate of drug-likeness (QED) is 0.760. The lowest BCUT2D eigenvalue weighted by Gasteiger charge is -2.25. The molecule has 2 aromatic carbocycles. The summed E-state index contributed by atoms with van der Waals surface area (Å²) in [5, 5.41) is 2.95. The van der Waals surface area contributed by atoms with Gasteiger partial charge in [-0.05, 0) is 69.2 Å². The molecular weight excluding hydrogens is 395 g/mol. The Hall–Kier alpha value is -2.60. The van der Waals surface area contributed by atoms with Crippen molar-refractivity contribution in [2.24, 2.45) is 0 Å². The van der Waals surface area contributed by atoms with Gasteiger partial charge in [-0.25, -0.2) is 4.39 Å². The fourth-order valence-electron chi connectivity index (χ4n) is 3.33. The van der Waals surface area contributed by atoms with Crippen LogP contribution in [0.4, 0.5) is 4.39 Å². The zero-order valence-electron chi connectivity index (χ0n) is 16.5. The largest absolute Gasteiger partial charge is 0.491 e. The number of benzene rings is 2. The molecule has 1 N–H and O–H groups in total. The van der Waals surface area contributed by atoms with E-state index >= 15 is 0 Å². The van der Waals surface area contributed by atoms with Gasteiger partial charge in [-0.1, -0.05) is 11.6 Å². The van der Waals surface area contributed by atoms with Gasteiger partial charge in [0.1, 0.15) is 18.2 Å². The lowest BCUT2D eigenvalue weighted by atomic mass is 10.1. The molecule has 0 saturated carbocycles. The van der Waals surface area contributed by atoms with Gasteiger partial charge in [0.15, 0.2) is 0 Å². The smallest absolute Gasteiger partial charge is 0.255 e. The van der Waals surface area contributed by atoms with E-state index < -0.39 is 5.82 Å². The summed E-state index contributed by atoms with van der Waals surface area (Å²) < 4.78 is 19.1. The number of halogens is 2. The average molecular weight is 419 g/mol. The van der Waals surface area contributed by atoms with Crippen LogP contribution in [0.15, 0.2) is 42.5 Å². The molecule has 0 aliphatic carbocycles. The molecule has 0 radical (unpaired) electrons. The van der Waals surface area contributed by atoms with Crippen molar-refractivity contribution in [3.05, 3.63) is 64.4 Å². The van der Waals surface area contributed by atoms with Crippen LogP contribution in [-0.2, 0) is 0 Å². The number of nitrogens with zero attached hydrogens (tertiary/aromatic N) is 1. The summed E-state index contributed by atoms with van der Waals surface area (Å²) in [6, 6.07) is 10.7. The molecule has 5 nitrogen and oxygen atoms in total. The monoisotopic (exact) mass is 418 g/mol. The topological polar surface area (TPSA) is 58.6 Å². The molecule has 7 heteroatoms. The highest BCUT2D eigenvalue weighted by molar-refractivity contribution is 6.33. The van der Waals surface area contributed by atoms with Crippen LogP contribution in [0.1, 0.15) is 47.4 Å². The Labute approximate surface area is 174 Å². The fraction of sp³-hybridized carbons (Fsp3) is 0.364. The number of hydrogen-bond acceptors (Lipinski definition) is 3. The molecule has 1 aliphatic rings. The highest BCUT2D eigenvalue weighted by Crippen LogP contribution is 2.25. The van der Waals surface area contributed by atoms with Crippen molar-refractivity contribution in [1.29, 1.82) is 0 Å². The van der Waals surface area contributed by atoms with Crippen LogP contribution in [0.5, 0.6) is 5.75 Å². The summed E-state index contributed by atoms with van der Waals surface area (Å²) in [5.74, 6) is -0.194. The van der Waals surface area contributed by atoms with Crippen LogP contribution in [-0.4, -0.2) is 41.9 Å². The normalized spacial score (nSPS) is 16.2. The summed E-state index contributed by atoms with van der Waals surface area (Å²) in [4.78, 5) is 26.6. The Morgan fingerprint density at radius 1 is 1.24 bits per heavy atom. The number of rotatable bonds is 6. The molecule has 0 bridgehead atoms. The first-order valence-corrected chi connectivity index (χ1v) is 10.0. The average Bonchev–Trinajstić information content (AvgIpc) is 3.14. The van der Waals surface area contributed by atoms with E-state index in [9.17, 15) is 14.0 Å². The Morgan fingerprint density at radius 3 is 2.62 bits per heavy atom. The summed E-state index contributed by atoms with van der Waals surface area (Å²) in [7, 11) is 0.